The van der Waals surface area contributed by atoms with Gasteiger partial charge in [-0.2, -0.15) is 0 Å². The molecule has 0 aliphatic rings. The third-order valence-electron chi connectivity index (χ3n) is 2.67. The Bertz CT molecular complexity index is 540. The van der Waals surface area contributed by atoms with Gasteiger partial charge in [-0.25, -0.2) is 4.39 Å². The van der Waals surface area contributed by atoms with Gasteiger partial charge in [0.05, 0.1) is 5.69 Å². The van der Waals surface area contributed by atoms with E-state index < -0.39 is 0 Å². The first kappa shape index (κ1) is 13.1. The molecule has 0 atom stereocenters. The van der Waals surface area contributed by atoms with Gasteiger partial charge in [-0.1, -0.05) is 19.1 Å². The molecule has 1 aromatic heterocycles. The van der Waals surface area contributed by atoms with Crippen molar-refractivity contribution in [2.75, 3.05) is 5.75 Å². The average Bonchev–Trinajstić information content (AvgIpc) is 2.40. The number of hydrogen-bond acceptors (Lipinski definition) is 2. The van der Waals surface area contributed by atoms with E-state index in [-0.39, 0.29) is 5.82 Å². The zero-order chi connectivity index (χ0) is 13.0. The highest BCUT2D eigenvalue weighted by atomic mass is 32.2. The number of aryl methyl sites for hydroxylation is 1. The highest BCUT2D eigenvalue weighted by Crippen LogP contribution is 2.25. The van der Waals surface area contributed by atoms with E-state index in [1.54, 1.807) is 37.0 Å². The van der Waals surface area contributed by atoms with Crippen molar-refractivity contribution in [3.63, 3.8) is 0 Å². The Morgan fingerprint density at radius 3 is 2.78 bits per heavy atom. The van der Waals surface area contributed by atoms with Crippen molar-refractivity contribution in [2.45, 2.75) is 25.2 Å². The SMILES string of the molecule is CCCSc1ccnc(-c2ccc(C)c(F)c2)c1. The van der Waals surface area contributed by atoms with Gasteiger partial charge in [-0.3, -0.25) is 4.98 Å². The van der Waals surface area contributed by atoms with Gasteiger partial charge in [-0.15, -0.1) is 11.8 Å². The lowest BCUT2D eigenvalue weighted by atomic mass is 10.1. The van der Waals surface area contributed by atoms with E-state index >= 15 is 0 Å². The Balaban J connectivity index is 2.29. The van der Waals surface area contributed by atoms with E-state index in [0.29, 0.717) is 5.56 Å². The molecule has 2 aromatic rings. The highest BCUT2D eigenvalue weighted by molar-refractivity contribution is 7.99. The number of pyridine rings is 1. The van der Waals surface area contributed by atoms with Crippen molar-refractivity contribution >= 4 is 11.8 Å². The van der Waals surface area contributed by atoms with Crippen LogP contribution >= 0.6 is 11.8 Å². The van der Waals surface area contributed by atoms with Crippen LogP contribution in [-0.2, 0) is 0 Å². The normalized spacial score (nSPS) is 10.6. The third kappa shape index (κ3) is 3.10. The predicted octanol–water partition coefficient (Wildman–Crippen LogP) is 4.70. The minimum atomic E-state index is -0.180. The fourth-order valence-electron chi connectivity index (χ4n) is 1.63. The van der Waals surface area contributed by atoms with Crippen LogP contribution in [0.5, 0.6) is 0 Å². The lowest BCUT2D eigenvalue weighted by Gasteiger charge is -2.05. The Hall–Kier alpha value is -1.35. The van der Waals surface area contributed by atoms with Gasteiger partial charge in [-0.05, 0) is 42.9 Å². The van der Waals surface area contributed by atoms with E-state index in [0.717, 1.165) is 23.4 Å². The molecule has 94 valence electrons. The maximum absolute atomic E-state index is 13.5. The second kappa shape index (κ2) is 6.01. The van der Waals surface area contributed by atoms with Gasteiger partial charge in [0.15, 0.2) is 0 Å². The maximum Gasteiger partial charge on any atom is 0.126 e. The Labute approximate surface area is 111 Å². The first-order valence-electron chi connectivity index (χ1n) is 6.06. The number of thioether (sulfide) groups is 1. The molecule has 0 saturated heterocycles. The van der Waals surface area contributed by atoms with Crippen molar-refractivity contribution in [3.05, 3.63) is 47.9 Å². The lowest BCUT2D eigenvalue weighted by Crippen LogP contribution is -1.88. The van der Waals surface area contributed by atoms with Crippen molar-refractivity contribution in [2.24, 2.45) is 0 Å². The summed E-state index contributed by atoms with van der Waals surface area (Å²) in [6.45, 7) is 3.92. The summed E-state index contributed by atoms with van der Waals surface area (Å²) in [5.74, 6) is 0.909. The first-order valence-corrected chi connectivity index (χ1v) is 7.04. The van der Waals surface area contributed by atoms with Crippen molar-refractivity contribution in [3.8, 4) is 11.3 Å². The zero-order valence-electron chi connectivity index (χ0n) is 10.6. The molecular weight excluding hydrogens is 245 g/mol. The van der Waals surface area contributed by atoms with E-state index in [9.17, 15) is 4.39 Å². The fraction of sp³-hybridized carbons (Fsp3) is 0.267. The Kier molecular flexibility index (Phi) is 4.37. The van der Waals surface area contributed by atoms with Gasteiger partial charge in [0, 0.05) is 16.7 Å². The fourth-order valence-corrected chi connectivity index (χ4v) is 2.42. The van der Waals surface area contributed by atoms with Gasteiger partial charge >= 0.3 is 0 Å². The molecule has 1 nitrogen and oxygen atoms in total. The molecule has 0 fully saturated rings. The quantitative estimate of drug-likeness (QED) is 0.740. The van der Waals surface area contributed by atoms with E-state index in [1.807, 2.05) is 18.2 Å². The molecule has 0 amide bonds. The average molecular weight is 261 g/mol. The number of hydrogen-bond donors (Lipinski definition) is 0. The van der Waals surface area contributed by atoms with Gasteiger partial charge in [0.1, 0.15) is 5.82 Å². The first-order chi connectivity index (χ1) is 8.70. The summed E-state index contributed by atoms with van der Waals surface area (Å²) in [5.41, 5.74) is 2.32. The molecule has 3 heteroatoms. The third-order valence-corrected chi connectivity index (χ3v) is 3.87. The van der Waals surface area contributed by atoms with E-state index in [2.05, 4.69) is 11.9 Å². The van der Waals surface area contributed by atoms with Crippen LogP contribution in [0, 0.1) is 12.7 Å². The highest BCUT2D eigenvalue weighted by Gasteiger charge is 2.04. The maximum atomic E-state index is 13.5. The van der Waals surface area contributed by atoms with E-state index in [4.69, 9.17) is 0 Å². The van der Waals surface area contributed by atoms with Crippen LogP contribution < -0.4 is 0 Å². The summed E-state index contributed by atoms with van der Waals surface area (Å²) in [4.78, 5) is 5.49. The van der Waals surface area contributed by atoms with Gasteiger partial charge < -0.3 is 0 Å². The summed E-state index contributed by atoms with van der Waals surface area (Å²) in [6, 6.07) is 9.26. The second-order valence-electron chi connectivity index (χ2n) is 4.19. The van der Waals surface area contributed by atoms with E-state index in [1.165, 1.54) is 4.90 Å². The minimum absolute atomic E-state index is 0.180. The molecule has 0 aliphatic carbocycles. The molecule has 0 aliphatic heterocycles. The topological polar surface area (TPSA) is 12.9 Å². The standard InChI is InChI=1S/C15H16FNS/c1-3-8-18-13-6-7-17-15(10-13)12-5-4-11(2)14(16)9-12/h4-7,9-10H,3,8H2,1-2H3. The van der Waals surface area contributed by atoms with Crippen LogP contribution in [0.3, 0.4) is 0 Å². The number of benzene rings is 1. The number of halogens is 1. The van der Waals surface area contributed by atoms with Crippen LogP contribution in [0.2, 0.25) is 0 Å². The predicted molar refractivity (Wildman–Crippen MR) is 75.4 cm³/mol. The van der Waals surface area contributed by atoms with Crippen molar-refractivity contribution < 1.29 is 4.39 Å². The molecule has 0 spiro atoms. The van der Waals surface area contributed by atoms with Crippen LogP contribution in [-0.4, -0.2) is 10.7 Å². The lowest BCUT2D eigenvalue weighted by molar-refractivity contribution is 0.619. The molecule has 18 heavy (non-hydrogen) atoms. The second-order valence-corrected chi connectivity index (χ2v) is 5.36. The minimum Gasteiger partial charge on any atom is -0.256 e. The van der Waals surface area contributed by atoms with Crippen LogP contribution in [0.1, 0.15) is 18.9 Å². The molecule has 0 radical (unpaired) electrons. The summed E-state index contributed by atoms with van der Waals surface area (Å²) in [7, 11) is 0. The number of aromatic nitrogens is 1. The van der Waals surface area contributed by atoms with Crippen LogP contribution in [0.4, 0.5) is 4.39 Å². The molecule has 1 aromatic carbocycles. The molecule has 2 rings (SSSR count). The summed E-state index contributed by atoms with van der Waals surface area (Å²) < 4.78 is 13.5. The van der Waals surface area contributed by atoms with Crippen LogP contribution in [0.25, 0.3) is 11.3 Å². The summed E-state index contributed by atoms with van der Waals surface area (Å²) >= 11 is 1.80. The number of nitrogens with zero attached hydrogens (tertiary/aromatic N) is 1. The molecule has 1 heterocycles. The monoisotopic (exact) mass is 261 g/mol. The van der Waals surface area contributed by atoms with Crippen molar-refractivity contribution in [1.82, 2.24) is 4.98 Å². The van der Waals surface area contributed by atoms with Gasteiger partial charge in [0.25, 0.3) is 0 Å². The largest absolute Gasteiger partial charge is 0.256 e. The summed E-state index contributed by atoms with van der Waals surface area (Å²) in [6.07, 6.45) is 2.92. The molecule has 0 N–H and O–H groups in total. The molecule has 0 saturated carbocycles. The zero-order valence-corrected chi connectivity index (χ0v) is 11.4. The molecule has 0 bridgehead atoms. The van der Waals surface area contributed by atoms with Crippen molar-refractivity contribution in [1.29, 1.82) is 0 Å². The molecular formula is C15H16FNS. The van der Waals surface area contributed by atoms with Gasteiger partial charge in [0.2, 0.25) is 0 Å². The Morgan fingerprint density at radius 1 is 1.22 bits per heavy atom. The van der Waals surface area contributed by atoms with Crippen LogP contribution in [0.15, 0.2) is 41.4 Å². The Morgan fingerprint density at radius 2 is 2.06 bits per heavy atom. The smallest absolute Gasteiger partial charge is 0.126 e. The number of rotatable bonds is 4. The summed E-state index contributed by atoms with van der Waals surface area (Å²) in [5, 5.41) is 0. The molecule has 0 unspecified atom stereocenters.